The van der Waals surface area contributed by atoms with Crippen molar-refractivity contribution in [2.75, 3.05) is 13.1 Å². The van der Waals surface area contributed by atoms with Crippen molar-refractivity contribution in [1.82, 2.24) is 4.90 Å². The molecule has 1 fully saturated rings. The summed E-state index contributed by atoms with van der Waals surface area (Å²) in [6.07, 6.45) is 0.548. The monoisotopic (exact) mass is 277 g/mol. The number of benzene rings is 1. The summed E-state index contributed by atoms with van der Waals surface area (Å²) in [7, 11) is 0. The number of aryl methyl sites for hydroxylation is 1. The second kappa shape index (κ2) is 4.31. The van der Waals surface area contributed by atoms with E-state index in [9.17, 15) is 14.3 Å². The SMILES string of the molecule is Cc1c(C(=O)N2CCC(C)(O)C2)oc2ccc(F)cc12. The van der Waals surface area contributed by atoms with Crippen LogP contribution in [0, 0.1) is 12.7 Å². The fraction of sp³-hybridized carbons (Fsp3) is 0.400. The van der Waals surface area contributed by atoms with E-state index in [1.54, 1.807) is 18.7 Å². The third-order valence-electron chi connectivity index (χ3n) is 3.83. The lowest BCUT2D eigenvalue weighted by molar-refractivity contribution is 0.0555. The zero-order valence-corrected chi connectivity index (χ0v) is 11.4. The third-order valence-corrected chi connectivity index (χ3v) is 3.83. The van der Waals surface area contributed by atoms with Gasteiger partial charge in [0.25, 0.3) is 5.91 Å². The molecule has 0 radical (unpaired) electrons. The van der Waals surface area contributed by atoms with Crippen LogP contribution in [0.15, 0.2) is 22.6 Å². The average molecular weight is 277 g/mol. The molecule has 3 rings (SSSR count). The predicted octanol–water partition coefficient (Wildman–Crippen LogP) is 2.48. The van der Waals surface area contributed by atoms with Crippen molar-refractivity contribution >= 4 is 16.9 Å². The molecule has 1 unspecified atom stereocenters. The number of amides is 1. The van der Waals surface area contributed by atoms with Crippen LogP contribution in [-0.4, -0.2) is 34.6 Å². The third kappa shape index (κ3) is 2.08. The van der Waals surface area contributed by atoms with Gasteiger partial charge < -0.3 is 14.4 Å². The van der Waals surface area contributed by atoms with Crippen LogP contribution in [0.3, 0.4) is 0 Å². The highest BCUT2D eigenvalue weighted by atomic mass is 19.1. The molecule has 0 saturated carbocycles. The Morgan fingerprint density at radius 3 is 2.90 bits per heavy atom. The summed E-state index contributed by atoms with van der Waals surface area (Å²) in [4.78, 5) is 14.0. The van der Waals surface area contributed by atoms with Gasteiger partial charge in [0.1, 0.15) is 11.4 Å². The zero-order chi connectivity index (χ0) is 14.5. The van der Waals surface area contributed by atoms with Crippen LogP contribution in [0.1, 0.15) is 29.5 Å². The number of hydrogen-bond acceptors (Lipinski definition) is 3. The standard InChI is InChI=1S/C15H16FNO3/c1-9-11-7-10(16)3-4-12(11)20-13(9)14(18)17-6-5-15(2,19)8-17/h3-4,7,19H,5-6,8H2,1-2H3. The molecule has 1 aliphatic rings. The van der Waals surface area contributed by atoms with Crippen LogP contribution >= 0.6 is 0 Å². The molecule has 1 saturated heterocycles. The first kappa shape index (κ1) is 13.1. The minimum atomic E-state index is -0.846. The summed E-state index contributed by atoms with van der Waals surface area (Å²) in [5.41, 5.74) is 0.288. The zero-order valence-electron chi connectivity index (χ0n) is 11.4. The Balaban J connectivity index is 1.98. The van der Waals surface area contributed by atoms with Crippen LogP contribution in [0.5, 0.6) is 0 Å². The van der Waals surface area contributed by atoms with Gasteiger partial charge in [-0.1, -0.05) is 0 Å². The number of halogens is 1. The first-order valence-electron chi connectivity index (χ1n) is 6.58. The van der Waals surface area contributed by atoms with Gasteiger partial charge in [-0.3, -0.25) is 4.79 Å². The van der Waals surface area contributed by atoms with E-state index in [0.29, 0.717) is 29.5 Å². The van der Waals surface area contributed by atoms with E-state index in [-0.39, 0.29) is 24.0 Å². The van der Waals surface area contributed by atoms with Crippen LogP contribution in [0.2, 0.25) is 0 Å². The second-order valence-corrected chi connectivity index (χ2v) is 5.67. The summed E-state index contributed by atoms with van der Waals surface area (Å²) >= 11 is 0. The van der Waals surface area contributed by atoms with Crippen molar-refractivity contribution in [1.29, 1.82) is 0 Å². The molecule has 0 bridgehead atoms. The Morgan fingerprint density at radius 2 is 2.25 bits per heavy atom. The molecular weight excluding hydrogens is 261 g/mol. The largest absolute Gasteiger partial charge is 0.451 e. The summed E-state index contributed by atoms with van der Waals surface area (Å²) < 4.78 is 18.8. The number of hydrogen-bond donors (Lipinski definition) is 1. The molecule has 5 heteroatoms. The second-order valence-electron chi connectivity index (χ2n) is 5.67. The minimum absolute atomic E-state index is 0.225. The van der Waals surface area contributed by atoms with Gasteiger partial charge in [0.2, 0.25) is 0 Å². The molecule has 4 nitrogen and oxygen atoms in total. The van der Waals surface area contributed by atoms with Gasteiger partial charge in [-0.25, -0.2) is 4.39 Å². The maximum Gasteiger partial charge on any atom is 0.289 e. The normalized spacial score (nSPS) is 22.7. The van der Waals surface area contributed by atoms with Gasteiger partial charge in [0.05, 0.1) is 5.60 Å². The molecule has 2 heterocycles. The molecule has 1 aliphatic heterocycles. The smallest absolute Gasteiger partial charge is 0.289 e. The summed E-state index contributed by atoms with van der Waals surface area (Å²) in [5, 5.41) is 10.5. The van der Waals surface area contributed by atoms with Gasteiger partial charge >= 0.3 is 0 Å². The summed E-state index contributed by atoms with van der Waals surface area (Å²) in [6, 6.07) is 4.19. The fourth-order valence-corrected chi connectivity index (χ4v) is 2.66. The number of rotatable bonds is 1. The fourth-order valence-electron chi connectivity index (χ4n) is 2.66. The number of aliphatic hydroxyl groups is 1. The molecule has 0 aliphatic carbocycles. The summed E-state index contributed by atoms with van der Waals surface area (Å²) in [6.45, 7) is 4.24. The highest BCUT2D eigenvalue weighted by Gasteiger charge is 2.36. The van der Waals surface area contributed by atoms with Crippen molar-refractivity contribution in [3.63, 3.8) is 0 Å². The van der Waals surface area contributed by atoms with Gasteiger partial charge in [-0.2, -0.15) is 0 Å². The number of carbonyl (C=O) groups is 1. The van der Waals surface area contributed by atoms with Crippen molar-refractivity contribution < 1.29 is 18.7 Å². The first-order valence-corrected chi connectivity index (χ1v) is 6.58. The highest BCUT2D eigenvalue weighted by Crippen LogP contribution is 2.29. The maximum absolute atomic E-state index is 13.3. The van der Waals surface area contributed by atoms with E-state index in [4.69, 9.17) is 4.42 Å². The number of furan rings is 1. The molecule has 0 spiro atoms. The lowest BCUT2D eigenvalue weighted by Gasteiger charge is -2.18. The predicted molar refractivity (Wildman–Crippen MR) is 72.1 cm³/mol. The van der Waals surface area contributed by atoms with Crippen LogP contribution in [0.4, 0.5) is 4.39 Å². The van der Waals surface area contributed by atoms with Crippen LogP contribution < -0.4 is 0 Å². The van der Waals surface area contributed by atoms with Crippen molar-refractivity contribution in [2.45, 2.75) is 25.9 Å². The van der Waals surface area contributed by atoms with Gasteiger partial charge in [0, 0.05) is 24.0 Å². The number of β-amino-alcohol motifs (C(OH)–C–C–N with tert-alkyl or cyclic N) is 1. The van der Waals surface area contributed by atoms with Gasteiger partial charge in [0.15, 0.2) is 5.76 Å². The van der Waals surface area contributed by atoms with Crippen LogP contribution in [0.25, 0.3) is 11.0 Å². The topological polar surface area (TPSA) is 53.7 Å². The van der Waals surface area contributed by atoms with E-state index in [2.05, 4.69) is 0 Å². The first-order chi connectivity index (χ1) is 9.37. The van der Waals surface area contributed by atoms with E-state index in [1.807, 2.05) is 0 Å². The number of carbonyl (C=O) groups excluding carboxylic acids is 1. The molecule has 1 aromatic carbocycles. The maximum atomic E-state index is 13.3. The quantitative estimate of drug-likeness (QED) is 0.871. The Kier molecular flexibility index (Phi) is 2.83. The van der Waals surface area contributed by atoms with E-state index >= 15 is 0 Å². The van der Waals surface area contributed by atoms with Crippen LogP contribution in [-0.2, 0) is 0 Å². The Morgan fingerprint density at radius 1 is 1.50 bits per heavy atom. The molecule has 1 aromatic heterocycles. The van der Waals surface area contributed by atoms with Gasteiger partial charge in [-0.05, 0) is 38.5 Å². The average Bonchev–Trinajstić information content (AvgIpc) is 2.90. The number of fused-ring (bicyclic) bond motifs is 1. The molecular formula is C15H16FNO3. The molecule has 20 heavy (non-hydrogen) atoms. The van der Waals surface area contributed by atoms with E-state index < -0.39 is 5.60 Å². The Hall–Kier alpha value is -1.88. The van der Waals surface area contributed by atoms with E-state index in [1.165, 1.54) is 18.2 Å². The Labute approximate surface area is 115 Å². The van der Waals surface area contributed by atoms with Crippen molar-refractivity contribution in [2.24, 2.45) is 0 Å². The highest BCUT2D eigenvalue weighted by molar-refractivity contribution is 5.99. The number of nitrogens with zero attached hydrogens (tertiary/aromatic N) is 1. The molecule has 2 aromatic rings. The van der Waals surface area contributed by atoms with E-state index in [0.717, 1.165) is 0 Å². The summed E-state index contributed by atoms with van der Waals surface area (Å²) in [5.74, 6) is -0.385. The minimum Gasteiger partial charge on any atom is -0.451 e. The lowest BCUT2D eigenvalue weighted by atomic mass is 10.1. The lowest BCUT2D eigenvalue weighted by Crippen LogP contribution is -2.33. The Bertz CT molecular complexity index is 690. The van der Waals surface area contributed by atoms with Gasteiger partial charge in [-0.15, -0.1) is 0 Å². The van der Waals surface area contributed by atoms with Crippen molar-refractivity contribution in [3.8, 4) is 0 Å². The molecule has 1 amide bonds. The number of likely N-dealkylation sites (tertiary alicyclic amines) is 1. The molecule has 1 atom stereocenters. The van der Waals surface area contributed by atoms with Crippen molar-refractivity contribution in [3.05, 3.63) is 35.3 Å². The molecule has 106 valence electrons. The molecule has 1 N–H and O–H groups in total.